The standard InChI is InChI=1S/C19H27N3O3/c1-14(2)22-19(9-11-20(22)3)21-10-5-6-15(21)13-25-18-8-4-7-17(24)16(18)12-23/h4,7-9,12,14-15,24H,5-6,10-11,13H2,1-3H3. The number of benzene rings is 1. The van der Waals surface area contributed by atoms with Gasteiger partial charge >= 0.3 is 0 Å². The molecule has 0 radical (unpaired) electrons. The lowest BCUT2D eigenvalue weighted by atomic mass is 10.2. The molecule has 1 fully saturated rings. The number of carbonyl (C=O) groups is 1. The number of nitrogens with zero attached hydrogens (tertiary/aromatic N) is 3. The van der Waals surface area contributed by atoms with Crippen LogP contribution in [0.5, 0.6) is 11.5 Å². The summed E-state index contributed by atoms with van der Waals surface area (Å²) in [6.45, 7) is 6.81. The van der Waals surface area contributed by atoms with Crippen molar-refractivity contribution in [3.05, 3.63) is 35.7 Å². The van der Waals surface area contributed by atoms with Crippen LogP contribution in [-0.4, -0.2) is 65.1 Å². The van der Waals surface area contributed by atoms with Crippen molar-refractivity contribution in [2.45, 2.75) is 38.8 Å². The Balaban J connectivity index is 1.71. The molecule has 2 aliphatic heterocycles. The fourth-order valence-electron chi connectivity index (χ4n) is 3.75. The number of phenols is 1. The molecule has 0 aromatic heterocycles. The molecular weight excluding hydrogens is 318 g/mol. The minimum atomic E-state index is -0.0399. The third-order valence-electron chi connectivity index (χ3n) is 4.89. The van der Waals surface area contributed by atoms with Crippen molar-refractivity contribution in [2.75, 3.05) is 26.7 Å². The SMILES string of the molecule is CC(C)N1C(N2CCCC2COc2cccc(O)c2C=O)=CCN1C. The Morgan fingerprint density at radius 2 is 2.20 bits per heavy atom. The van der Waals surface area contributed by atoms with Gasteiger partial charge in [0.15, 0.2) is 6.29 Å². The lowest BCUT2D eigenvalue weighted by Gasteiger charge is -2.39. The van der Waals surface area contributed by atoms with Gasteiger partial charge in [0.25, 0.3) is 0 Å². The van der Waals surface area contributed by atoms with E-state index in [0.29, 0.717) is 24.7 Å². The highest BCUT2D eigenvalue weighted by Crippen LogP contribution is 2.31. The molecule has 1 N–H and O–H groups in total. The van der Waals surface area contributed by atoms with Crippen LogP contribution in [0.3, 0.4) is 0 Å². The third kappa shape index (κ3) is 3.44. The normalized spacial score (nSPS) is 21.1. The zero-order chi connectivity index (χ0) is 18.0. The van der Waals surface area contributed by atoms with Crippen molar-refractivity contribution in [1.82, 2.24) is 14.9 Å². The molecule has 2 heterocycles. The second-order valence-corrected chi connectivity index (χ2v) is 6.95. The van der Waals surface area contributed by atoms with E-state index in [1.807, 2.05) is 0 Å². The van der Waals surface area contributed by atoms with Crippen molar-refractivity contribution in [1.29, 1.82) is 0 Å². The molecule has 6 heteroatoms. The Morgan fingerprint density at radius 1 is 1.40 bits per heavy atom. The van der Waals surface area contributed by atoms with Gasteiger partial charge in [0.1, 0.15) is 23.9 Å². The Bertz CT molecular complexity index is 659. The van der Waals surface area contributed by atoms with Crippen LogP contribution in [0.25, 0.3) is 0 Å². The monoisotopic (exact) mass is 345 g/mol. The van der Waals surface area contributed by atoms with Gasteiger partial charge in [0, 0.05) is 26.2 Å². The van der Waals surface area contributed by atoms with Crippen LogP contribution >= 0.6 is 0 Å². The summed E-state index contributed by atoms with van der Waals surface area (Å²) in [5.74, 6) is 1.65. The van der Waals surface area contributed by atoms with Gasteiger partial charge in [-0.15, -0.1) is 0 Å². The predicted octanol–water partition coefficient (Wildman–Crippen LogP) is 2.46. The molecule has 0 bridgehead atoms. The summed E-state index contributed by atoms with van der Waals surface area (Å²) < 4.78 is 5.91. The van der Waals surface area contributed by atoms with E-state index in [9.17, 15) is 9.90 Å². The van der Waals surface area contributed by atoms with Crippen LogP contribution in [0.2, 0.25) is 0 Å². The smallest absolute Gasteiger partial charge is 0.157 e. The molecule has 2 aliphatic rings. The number of rotatable bonds is 6. The van der Waals surface area contributed by atoms with Crippen LogP contribution in [0.4, 0.5) is 0 Å². The van der Waals surface area contributed by atoms with Crippen molar-refractivity contribution in [3.63, 3.8) is 0 Å². The summed E-state index contributed by atoms with van der Waals surface area (Å²) in [5, 5.41) is 14.3. The molecule has 1 aromatic carbocycles. The molecule has 136 valence electrons. The first-order valence-corrected chi connectivity index (χ1v) is 8.90. The molecule has 1 atom stereocenters. The van der Waals surface area contributed by atoms with Gasteiger partial charge in [-0.05, 0) is 44.9 Å². The van der Waals surface area contributed by atoms with Gasteiger partial charge in [-0.3, -0.25) is 9.80 Å². The minimum absolute atomic E-state index is 0.0399. The Kier molecular flexibility index (Phi) is 5.18. The minimum Gasteiger partial charge on any atom is -0.507 e. The second-order valence-electron chi connectivity index (χ2n) is 6.95. The Labute approximate surface area is 149 Å². The molecule has 1 saturated heterocycles. The summed E-state index contributed by atoms with van der Waals surface area (Å²) >= 11 is 0. The first-order chi connectivity index (χ1) is 12.0. The first kappa shape index (κ1) is 17.6. The maximum Gasteiger partial charge on any atom is 0.157 e. The maximum atomic E-state index is 11.2. The largest absolute Gasteiger partial charge is 0.507 e. The van der Waals surface area contributed by atoms with Crippen LogP contribution in [0.15, 0.2) is 30.1 Å². The number of phenolic OH excluding ortho intramolecular Hbond substituents is 1. The molecule has 1 aromatic rings. The van der Waals surface area contributed by atoms with E-state index in [-0.39, 0.29) is 17.4 Å². The van der Waals surface area contributed by atoms with Gasteiger partial charge in [0.05, 0.1) is 11.6 Å². The summed E-state index contributed by atoms with van der Waals surface area (Å²) in [5.41, 5.74) is 0.218. The van der Waals surface area contributed by atoms with Crippen LogP contribution in [0, 0.1) is 0 Å². The molecule has 1 unspecified atom stereocenters. The summed E-state index contributed by atoms with van der Waals surface area (Å²) in [4.78, 5) is 13.6. The van der Waals surface area contributed by atoms with Crippen molar-refractivity contribution in [3.8, 4) is 11.5 Å². The molecular formula is C19H27N3O3. The highest BCUT2D eigenvalue weighted by molar-refractivity contribution is 5.83. The van der Waals surface area contributed by atoms with Gasteiger partial charge < -0.3 is 14.7 Å². The Morgan fingerprint density at radius 3 is 2.92 bits per heavy atom. The maximum absolute atomic E-state index is 11.2. The number of aldehydes is 1. The van der Waals surface area contributed by atoms with Crippen molar-refractivity contribution in [2.24, 2.45) is 0 Å². The van der Waals surface area contributed by atoms with E-state index in [2.05, 4.69) is 41.9 Å². The molecule has 0 aliphatic carbocycles. The number of likely N-dealkylation sites (N-methyl/N-ethyl adjacent to an activating group) is 1. The van der Waals surface area contributed by atoms with Crippen molar-refractivity contribution < 1.29 is 14.6 Å². The molecule has 6 nitrogen and oxygen atoms in total. The predicted molar refractivity (Wildman–Crippen MR) is 96.4 cm³/mol. The molecule has 25 heavy (non-hydrogen) atoms. The summed E-state index contributed by atoms with van der Waals surface area (Å²) in [6, 6.07) is 5.58. The van der Waals surface area contributed by atoms with E-state index >= 15 is 0 Å². The van der Waals surface area contributed by atoms with E-state index in [1.54, 1.807) is 12.1 Å². The molecule has 0 amide bonds. The zero-order valence-electron chi connectivity index (χ0n) is 15.2. The number of likely N-dealkylation sites (tertiary alicyclic amines) is 1. The van der Waals surface area contributed by atoms with Gasteiger partial charge in [0.2, 0.25) is 0 Å². The second kappa shape index (κ2) is 7.35. The molecule has 0 spiro atoms. The summed E-state index contributed by atoms with van der Waals surface area (Å²) in [7, 11) is 2.11. The van der Waals surface area contributed by atoms with E-state index < -0.39 is 0 Å². The first-order valence-electron chi connectivity index (χ1n) is 8.90. The van der Waals surface area contributed by atoms with Crippen LogP contribution < -0.4 is 4.74 Å². The average Bonchev–Trinajstić information content (AvgIpc) is 3.18. The number of aromatic hydroxyl groups is 1. The number of hydrogen-bond donors (Lipinski definition) is 1. The number of ether oxygens (including phenoxy) is 1. The van der Waals surface area contributed by atoms with Crippen LogP contribution in [0.1, 0.15) is 37.0 Å². The number of carbonyl (C=O) groups excluding carboxylic acids is 1. The van der Waals surface area contributed by atoms with Gasteiger partial charge in [-0.1, -0.05) is 6.07 Å². The van der Waals surface area contributed by atoms with Crippen LogP contribution in [-0.2, 0) is 0 Å². The Hall–Kier alpha value is -2.21. The fraction of sp³-hybridized carbons (Fsp3) is 0.526. The average molecular weight is 345 g/mol. The van der Waals surface area contributed by atoms with Gasteiger partial charge in [-0.25, -0.2) is 5.01 Å². The topological polar surface area (TPSA) is 56.2 Å². The highest BCUT2D eigenvalue weighted by atomic mass is 16.5. The van der Waals surface area contributed by atoms with Gasteiger partial charge in [-0.2, -0.15) is 0 Å². The third-order valence-corrected chi connectivity index (χ3v) is 4.89. The zero-order valence-corrected chi connectivity index (χ0v) is 15.2. The number of hydrazine groups is 1. The van der Waals surface area contributed by atoms with E-state index in [0.717, 1.165) is 25.9 Å². The lowest BCUT2D eigenvalue weighted by Crippen LogP contribution is -2.46. The number of hydrogen-bond acceptors (Lipinski definition) is 6. The lowest BCUT2D eigenvalue weighted by molar-refractivity contribution is 0.00191. The van der Waals surface area contributed by atoms with E-state index in [1.165, 1.54) is 11.9 Å². The fourth-order valence-corrected chi connectivity index (χ4v) is 3.75. The molecule has 3 rings (SSSR count). The highest BCUT2D eigenvalue weighted by Gasteiger charge is 2.34. The van der Waals surface area contributed by atoms with Crippen molar-refractivity contribution >= 4 is 6.29 Å². The summed E-state index contributed by atoms with van der Waals surface area (Å²) in [6.07, 6.45) is 5.10. The quantitative estimate of drug-likeness (QED) is 0.800. The van der Waals surface area contributed by atoms with E-state index in [4.69, 9.17) is 4.74 Å². The molecule has 0 saturated carbocycles.